The monoisotopic (exact) mass is 296 g/mol. The van der Waals surface area contributed by atoms with Crippen molar-refractivity contribution in [2.24, 2.45) is 10.7 Å². The molecule has 6 heteroatoms. The van der Waals surface area contributed by atoms with Gasteiger partial charge in [-0.25, -0.2) is 0 Å². The molecule has 0 spiro atoms. The summed E-state index contributed by atoms with van der Waals surface area (Å²) in [5.74, 6) is -1.45. The van der Waals surface area contributed by atoms with Crippen molar-refractivity contribution in [2.45, 2.75) is 19.9 Å². The van der Waals surface area contributed by atoms with Gasteiger partial charge in [0.15, 0.2) is 0 Å². The number of carbonyl (C=O) groups is 2. The van der Waals surface area contributed by atoms with Crippen molar-refractivity contribution in [1.29, 1.82) is 0 Å². The van der Waals surface area contributed by atoms with Crippen molar-refractivity contribution >= 4 is 28.8 Å². The van der Waals surface area contributed by atoms with Crippen LogP contribution >= 0.6 is 0 Å². The van der Waals surface area contributed by atoms with E-state index in [1.54, 1.807) is 12.3 Å². The van der Waals surface area contributed by atoms with Crippen LogP contribution in [0.2, 0.25) is 0 Å². The summed E-state index contributed by atoms with van der Waals surface area (Å²) in [6.07, 6.45) is 5.84. The van der Waals surface area contributed by atoms with Gasteiger partial charge in [-0.1, -0.05) is 0 Å². The number of allylic oxidation sites excluding steroid dienone is 2. The number of hydrogen-bond acceptors (Lipinski definition) is 6. The smallest absolute Gasteiger partial charge is 0.249 e. The van der Waals surface area contributed by atoms with E-state index in [1.807, 2.05) is 13.8 Å². The Morgan fingerprint density at radius 3 is 2.55 bits per heavy atom. The van der Waals surface area contributed by atoms with Crippen LogP contribution in [-0.4, -0.2) is 33.8 Å². The lowest BCUT2D eigenvalue weighted by molar-refractivity contribution is -0.111. The zero-order valence-electron chi connectivity index (χ0n) is 12.4. The summed E-state index contributed by atoms with van der Waals surface area (Å²) in [7, 11) is 0. The zero-order valence-corrected chi connectivity index (χ0v) is 12.4. The molecule has 1 heterocycles. The van der Waals surface area contributed by atoms with Gasteiger partial charge < -0.3 is 5.73 Å². The fourth-order valence-corrected chi connectivity index (χ4v) is 1.74. The van der Waals surface area contributed by atoms with Crippen LogP contribution in [0, 0.1) is 0 Å². The van der Waals surface area contributed by atoms with Crippen LogP contribution in [-0.2, 0) is 4.79 Å². The van der Waals surface area contributed by atoms with E-state index in [0.717, 1.165) is 0 Å². The van der Waals surface area contributed by atoms with E-state index in [-0.39, 0.29) is 17.3 Å². The molecule has 6 nitrogen and oxygen atoms in total. The number of rotatable bonds is 5. The summed E-state index contributed by atoms with van der Waals surface area (Å²) in [5, 5.41) is 0. The maximum atomic E-state index is 12.2. The largest absolute Gasteiger partial charge is 0.395 e. The lowest BCUT2D eigenvalue weighted by Gasteiger charge is -2.02. The van der Waals surface area contributed by atoms with Gasteiger partial charge >= 0.3 is 0 Å². The minimum Gasteiger partial charge on any atom is -0.395 e. The second-order valence-corrected chi connectivity index (χ2v) is 4.93. The molecule has 112 valence electrons. The first-order valence-corrected chi connectivity index (χ1v) is 6.78. The fourth-order valence-electron chi connectivity index (χ4n) is 1.74. The van der Waals surface area contributed by atoms with Crippen LogP contribution in [0.25, 0.3) is 11.0 Å². The lowest BCUT2D eigenvalue weighted by atomic mass is 10.0. The van der Waals surface area contributed by atoms with Crippen molar-refractivity contribution in [1.82, 2.24) is 9.97 Å². The minimum atomic E-state index is -0.765. The van der Waals surface area contributed by atoms with E-state index in [1.165, 1.54) is 30.6 Å². The van der Waals surface area contributed by atoms with Gasteiger partial charge in [0.05, 0.1) is 16.7 Å². The summed E-state index contributed by atoms with van der Waals surface area (Å²) in [5.41, 5.74) is 6.91. The molecule has 0 bridgehead atoms. The van der Waals surface area contributed by atoms with Gasteiger partial charge in [0.1, 0.15) is 0 Å². The fraction of sp³-hybridized carbons (Fsp3) is 0.188. The van der Waals surface area contributed by atoms with Crippen molar-refractivity contribution < 1.29 is 9.59 Å². The van der Waals surface area contributed by atoms with Gasteiger partial charge in [-0.15, -0.1) is 0 Å². The van der Waals surface area contributed by atoms with Gasteiger partial charge in [0.2, 0.25) is 11.6 Å². The third kappa shape index (κ3) is 3.60. The van der Waals surface area contributed by atoms with Crippen molar-refractivity contribution in [2.75, 3.05) is 0 Å². The van der Waals surface area contributed by atoms with Crippen LogP contribution in [0.3, 0.4) is 0 Å². The summed E-state index contributed by atoms with van der Waals surface area (Å²) in [4.78, 5) is 36.4. The van der Waals surface area contributed by atoms with Crippen LogP contribution in [0.15, 0.2) is 47.4 Å². The predicted octanol–water partition coefficient (Wildman–Crippen LogP) is 1.70. The Labute approximate surface area is 127 Å². The van der Waals surface area contributed by atoms with Crippen LogP contribution < -0.4 is 5.73 Å². The van der Waals surface area contributed by atoms with Crippen molar-refractivity contribution in [3.05, 3.63) is 47.9 Å². The minimum absolute atomic E-state index is 0.0916. The summed E-state index contributed by atoms with van der Waals surface area (Å²) in [6, 6.07) is 4.79. The second-order valence-electron chi connectivity index (χ2n) is 4.93. The number of nitrogens with zero attached hydrogens (tertiary/aromatic N) is 3. The number of ketones is 2. The number of carbonyl (C=O) groups excluding carboxylic acids is 2. The Kier molecular flexibility index (Phi) is 4.73. The molecular weight excluding hydrogens is 280 g/mol. The molecule has 0 fully saturated rings. The molecule has 22 heavy (non-hydrogen) atoms. The zero-order chi connectivity index (χ0) is 16.1. The topological polar surface area (TPSA) is 98.3 Å². The normalized spacial score (nSPS) is 12.2. The molecule has 1 aromatic carbocycles. The Balaban J connectivity index is 2.23. The van der Waals surface area contributed by atoms with Gasteiger partial charge in [-0.2, -0.15) is 0 Å². The van der Waals surface area contributed by atoms with Gasteiger partial charge in [0.25, 0.3) is 0 Å². The predicted molar refractivity (Wildman–Crippen MR) is 84.8 cm³/mol. The Morgan fingerprint density at radius 2 is 1.86 bits per heavy atom. The molecule has 2 rings (SSSR count). The van der Waals surface area contributed by atoms with E-state index in [4.69, 9.17) is 5.73 Å². The summed E-state index contributed by atoms with van der Waals surface area (Å²) >= 11 is 0. The van der Waals surface area contributed by atoms with E-state index >= 15 is 0 Å². The number of aliphatic imine (C=N–C) groups is 1. The Hall–Kier alpha value is -2.89. The number of Topliss-reactive ketones (excluding diaryl/α,β-unsaturated/α-hetero) is 2. The third-order valence-corrected chi connectivity index (χ3v) is 2.84. The SMILES string of the molecule is CC(C)N=CC=C(N)C(=O)C(=O)c1ccc2nccnc2c1. The van der Waals surface area contributed by atoms with Gasteiger partial charge in [0, 0.05) is 30.2 Å². The molecule has 0 aliphatic rings. The van der Waals surface area contributed by atoms with E-state index in [9.17, 15) is 9.59 Å². The molecule has 0 unspecified atom stereocenters. The highest BCUT2D eigenvalue weighted by atomic mass is 16.2. The number of benzene rings is 1. The average Bonchev–Trinajstić information content (AvgIpc) is 2.52. The highest BCUT2D eigenvalue weighted by Gasteiger charge is 2.19. The molecular formula is C16H16N4O2. The summed E-state index contributed by atoms with van der Waals surface area (Å²) in [6.45, 7) is 3.78. The number of aromatic nitrogens is 2. The molecule has 0 atom stereocenters. The lowest BCUT2D eigenvalue weighted by Crippen LogP contribution is -2.21. The Morgan fingerprint density at radius 1 is 1.18 bits per heavy atom. The molecule has 2 aromatic rings. The molecule has 0 aliphatic heterocycles. The molecule has 1 aromatic heterocycles. The molecule has 0 saturated carbocycles. The first-order valence-electron chi connectivity index (χ1n) is 6.78. The van der Waals surface area contributed by atoms with E-state index in [0.29, 0.717) is 11.0 Å². The molecule has 0 radical (unpaired) electrons. The van der Waals surface area contributed by atoms with Gasteiger partial charge in [-0.05, 0) is 38.1 Å². The molecule has 2 N–H and O–H groups in total. The number of nitrogens with two attached hydrogens (primary N) is 1. The maximum Gasteiger partial charge on any atom is 0.249 e. The van der Waals surface area contributed by atoms with Crippen molar-refractivity contribution in [3.63, 3.8) is 0 Å². The number of fused-ring (bicyclic) bond motifs is 1. The number of hydrogen-bond donors (Lipinski definition) is 1. The molecule has 0 aliphatic carbocycles. The average molecular weight is 296 g/mol. The molecule has 0 amide bonds. The van der Waals surface area contributed by atoms with Crippen LogP contribution in [0.1, 0.15) is 24.2 Å². The highest BCUT2D eigenvalue weighted by molar-refractivity contribution is 6.49. The van der Waals surface area contributed by atoms with E-state index < -0.39 is 11.6 Å². The highest BCUT2D eigenvalue weighted by Crippen LogP contribution is 2.12. The van der Waals surface area contributed by atoms with Gasteiger partial charge in [-0.3, -0.25) is 24.5 Å². The van der Waals surface area contributed by atoms with Crippen LogP contribution in [0.4, 0.5) is 0 Å². The second kappa shape index (κ2) is 6.71. The standard InChI is InChI=1S/C16H16N4O2/c1-10(2)18-6-5-12(17)16(22)15(21)11-3-4-13-14(9-11)20-8-7-19-13/h3-10H,17H2,1-2H3. The quantitative estimate of drug-likeness (QED) is 0.392. The first kappa shape index (κ1) is 15.5. The maximum absolute atomic E-state index is 12.2. The first-order chi connectivity index (χ1) is 10.5. The third-order valence-electron chi connectivity index (χ3n) is 2.84. The molecule has 0 saturated heterocycles. The van der Waals surface area contributed by atoms with Crippen molar-refractivity contribution in [3.8, 4) is 0 Å². The Bertz CT molecular complexity index is 779. The van der Waals surface area contributed by atoms with E-state index in [2.05, 4.69) is 15.0 Å². The van der Waals surface area contributed by atoms with Crippen LogP contribution in [0.5, 0.6) is 0 Å². The summed E-state index contributed by atoms with van der Waals surface area (Å²) < 4.78 is 0.